The molecule has 3 aromatic rings. The van der Waals surface area contributed by atoms with Crippen LogP contribution in [0.15, 0.2) is 35.3 Å². The smallest absolute Gasteiger partial charge is 0.258 e. The van der Waals surface area contributed by atoms with Crippen molar-refractivity contribution in [2.75, 3.05) is 65.9 Å². The van der Waals surface area contributed by atoms with E-state index in [9.17, 15) is 4.79 Å². The maximum Gasteiger partial charge on any atom is 0.258 e. The molecule has 4 rings (SSSR count). The molecule has 1 N–H and O–H groups in total. The van der Waals surface area contributed by atoms with E-state index in [1.807, 2.05) is 37.4 Å². The number of rotatable bonds is 8. The van der Waals surface area contributed by atoms with Gasteiger partial charge in [-0.1, -0.05) is 0 Å². The molecule has 34 heavy (non-hydrogen) atoms. The average Bonchev–Trinajstić information content (AvgIpc) is 2.85. The number of nitrogens with zero attached hydrogens (tertiary/aromatic N) is 4. The van der Waals surface area contributed by atoms with Crippen LogP contribution in [0.4, 0.5) is 5.82 Å². The quantitative estimate of drug-likeness (QED) is 0.513. The largest absolute Gasteiger partial charge is 0.497 e. The zero-order valence-corrected chi connectivity index (χ0v) is 20.9. The molecule has 2 aromatic heterocycles. The zero-order chi connectivity index (χ0) is 24.2. The molecule has 1 aliphatic rings. The number of hydrogen-bond acceptors (Lipinski definition) is 7. The van der Waals surface area contributed by atoms with E-state index in [2.05, 4.69) is 27.1 Å². The lowest BCUT2D eigenvalue weighted by atomic mass is 9.99. The molecule has 0 unspecified atom stereocenters. The monoisotopic (exact) mass is 465 g/mol. The SMILES string of the molecule is COc1cc(OC)c(C)c(-c2cc3cnc(NCCCN4CCN(C)CC4)cc3n(C)c2=O)c1. The summed E-state index contributed by atoms with van der Waals surface area (Å²) in [7, 11) is 7.21. The summed E-state index contributed by atoms with van der Waals surface area (Å²) in [6, 6.07) is 7.57. The van der Waals surface area contributed by atoms with Gasteiger partial charge in [-0.25, -0.2) is 4.98 Å². The second-order valence-electron chi connectivity index (χ2n) is 8.98. The number of aromatic nitrogens is 2. The number of fused-ring (bicyclic) bond motifs is 1. The molecule has 1 aliphatic heterocycles. The van der Waals surface area contributed by atoms with Gasteiger partial charge in [0.25, 0.3) is 5.56 Å². The van der Waals surface area contributed by atoms with Crippen molar-refractivity contribution in [2.24, 2.45) is 7.05 Å². The molecule has 0 bridgehead atoms. The van der Waals surface area contributed by atoms with Crippen LogP contribution in [-0.2, 0) is 7.05 Å². The van der Waals surface area contributed by atoms with Crippen molar-refractivity contribution in [1.82, 2.24) is 19.4 Å². The number of nitrogens with one attached hydrogen (secondary N) is 1. The molecule has 1 saturated heterocycles. The van der Waals surface area contributed by atoms with E-state index in [-0.39, 0.29) is 5.56 Å². The summed E-state index contributed by atoms with van der Waals surface area (Å²) in [5.74, 6) is 2.12. The average molecular weight is 466 g/mol. The number of likely N-dealkylation sites (N-methyl/N-ethyl adjacent to an activating group) is 1. The van der Waals surface area contributed by atoms with Crippen LogP contribution < -0.4 is 20.3 Å². The standard InChI is InChI=1S/C26H35N5O3/c1-18-21(14-20(33-4)15-24(18)34-5)22-13-19-17-28-25(16-23(19)30(3)26(22)32)27-7-6-8-31-11-9-29(2)10-12-31/h13-17H,6-12H2,1-5H3,(H,27,28). The first-order chi connectivity index (χ1) is 16.4. The second-order valence-corrected chi connectivity index (χ2v) is 8.98. The highest BCUT2D eigenvalue weighted by Gasteiger charge is 2.16. The van der Waals surface area contributed by atoms with Crippen LogP contribution in [0, 0.1) is 6.92 Å². The number of aryl methyl sites for hydroxylation is 1. The summed E-state index contributed by atoms with van der Waals surface area (Å²) in [6.45, 7) is 8.42. The van der Waals surface area contributed by atoms with Gasteiger partial charge in [-0.15, -0.1) is 0 Å². The third-order valence-corrected chi connectivity index (χ3v) is 6.74. The van der Waals surface area contributed by atoms with E-state index in [1.54, 1.807) is 25.8 Å². The molecule has 0 radical (unpaired) electrons. The number of methoxy groups -OCH3 is 2. The summed E-state index contributed by atoms with van der Waals surface area (Å²) in [6.07, 6.45) is 2.88. The Kier molecular flexibility index (Phi) is 7.38. The molecule has 8 heteroatoms. The Labute approximate surface area is 201 Å². The van der Waals surface area contributed by atoms with E-state index in [1.165, 1.54) is 0 Å². The van der Waals surface area contributed by atoms with Crippen LogP contribution in [0.1, 0.15) is 12.0 Å². The fourth-order valence-corrected chi connectivity index (χ4v) is 4.52. The summed E-state index contributed by atoms with van der Waals surface area (Å²) in [5, 5.41) is 4.32. The lowest BCUT2D eigenvalue weighted by Gasteiger charge is -2.32. The highest BCUT2D eigenvalue weighted by Crippen LogP contribution is 2.34. The van der Waals surface area contributed by atoms with Gasteiger partial charge in [-0.3, -0.25) is 4.79 Å². The summed E-state index contributed by atoms with van der Waals surface area (Å²) >= 11 is 0. The predicted molar refractivity (Wildman–Crippen MR) is 137 cm³/mol. The van der Waals surface area contributed by atoms with Gasteiger partial charge in [0, 0.05) is 69.1 Å². The van der Waals surface area contributed by atoms with Crippen LogP contribution in [0.3, 0.4) is 0 Å². The highest BCUT2D eigenvalue weighted by molar-refractivity contribution is 5.86. The maximum absolute atomic E-state index is 13.3. The first-order valence-electron chi connectivity index (χ1n) is 11.8. The fraction of sp³-hybridized carbons (Fsp3) is 0.462. The van der Waals surface area contributed by atoms with Crippen LogP contribution in [-0.4, -0.2) is 79.9 Å². The van der Waals surface area contributed by atoms with E-state index in [4.69, 9.17) is 9.47 Å². The Balaban J connectivity index is 1.54. The lowest BCUT2D eigenvalue weighted by molar-refractivity contribution is 0.154. The van der Waals surface area contributed by atoms with Crippen molar-refractivity contribution in [3.05, 3.63) is 46.4 Å². The van der Waals surface area contributed by atoms with E-state index in [0.717, 1.165) is 73.5 Å². The summed E-state index contributed by atoms with van der Waals surface area (Å²) in [4.78, 5) is 22.8. The van der Waals surface area contributed by atoms with Crippen LogP contribution in [0.25, 0.3) is 22.0 Å². The number of anilines is 1. The number of piperazine rings is 1. The van der Waals surface area contributed by atoms with Crippen LogP contribution in [0.2, 0.25) is 0 Å². The first kappa shape index (κ1) is 24.0. The molecule has 8 nitrogen and oxygen atoms in total. The first-order valence-corrected chi connectivity index (χ1v) is 11.8. The molecule has 0 aliphatic carbocycles. The van der Waals surface area contributed by atoms with Crippen LogP contribution in [0.5, 0.6) is 11.5 Å². The van der Waals surface area contributed by atoms with Crippen molar-refractivity contribution in [1.29, 1.82) is 0 Å². The maximum atomic E-state index is 13.3. The summed E-state index contributed by atoms with van der Waals surface area (Å²) < 4.78 is 12.6. The Morgan fingerprint density at radius 1 is 1.00 bits per heavy atom. The third-order valence-electron chi connectivity index (χ3n) is 6.74. The van der Waals surface area contributed by atoms with Gasteiger partial charge in [0.2, 0.25) is 0 Å². The molecule has 0 amide bonds. The normalized spacial score (nSPS) is 15.0. The molecule has 182 valence electrons. The van der Waals surface area contributed by atoms with Crippen molar-refractivity contribution in [2.45, 2.75) is 13.3 Å². The number of hydrogen-bond donors (Lipinski definition) is 1. The van der Waals surface area contributed by atoms with Crippen molar-refractivity contribution < 1.29 is 9.47 Å². The second kappa shape index (κ2) is 10.4. The van der Waals surface area contributed by atoms with Gasteiger partial charge in [-0.2, -0.15) is 0 Å². The Bertz CT molecular complexity index is 1220. The molecule has 1 aromatic carbocycles. The number of pyridine rings is 2. The van der Waals surface area contributed by atoms with Crippen molar-refractivity contribution in [3.8, 4) is 22.6 Å². The van der Waals surface area contributed by atoms with E-state index >= 15 is 0 Å². The van der Waals surface area contributed by atoms with Gasteiger partial charge in [-0.05, 0) is 50.2 Å². The Morgan fingerprint density at radius 2 is 1.76 bits per heavy atom. The minimum absolute atomic E-state index is 0.0712. The Morgan fingerprint density at radius 3 is 2.47 bits per heavy atom. The minimum Gasteiger partial charge on any atom is -0.497 e. The molecule has 0 spiro atoms. The van der Waals surface area contributed by atoms with E-state index < -0.39 is 0 Å². The van der Waals surface area contributed by atoms with Gasteiger partial charge >= 0.3 is 0 Å². The number of ether oxygens (including phenoxy) is 2. The number of benzene rings is 1. The summed E-state index contributed by atoms with van der Waals surface area (Å²) in [5.41, 5.74) is 3.06. The fourth-order valence-electron chi connectivity index (χ4n) is 4.52. The molecule has 0 atom stereocenters. The topological polar surface area (TPSA) is 71.9 Å². The third kappa shape index (κ3) is 5.03. The van der Waals surface area contributed by atoms with Crippen molar-refractivity contribution >= 4 is 16.7 Å². The molecule has 0 saturated carbocycles. The van der Waals surface area contributed by atoms with Crippen molar-refractivity contribution in [3.63, 3.8) is 0 Å². The predicted octanol–water partition coefficient (Wildman–Crippen LogP) is 2.98. The molecular formula is C26H35N5O3. The van der Waals surface area contributed by atoms with Gasteiger partial charge in [0.1, 0.15) is 17.3 Å². The van der Waals surface area contributed by atoms with Crippen LogP contribution >= 0.6 is 0 Å². The molecule has 1 fully saturated rings. The molecule has 3 heterocycles. The van der Waals surface area contributed by atoms with Gasteiger partial charge in [0.15, 0.2) is 0 Å². The molecular weight excluding hydrogens is 430 g/mol. The Hall–Kier alpha value is -3.10. The lowest BCUT2D eigenvalue weighted by Crippen LogP contribution is -2.44. The minimum atomic E-state index is -0.0712. The highest BCUT2D eigenvalue weighted by atomic mass is 16.5. The van der Waals surface area contributed by atoms with Gasteiger partial charge in [0.05, 0.1) is 19.7 Å². The van der Waals surface area contributed by atoms with Gasteiger partial charge < -0.3 is 29.2 Å². The van der Waals surface area contributed by atoms with E-state index in [0.29, 0.717) is 17.1 Å². The zero-order valence-electron chi connectivity index (χ0n) is 20.9.